The highest BCUT2D eigenvalue weighted by atomic mass is 35.5. The number of hydrogen-bond acceptors (Lipinski definition) is 25. The van der Waals surface area contributed by atoms with Crippen molar-refractivity contribution in [3.05, 3.63) is 93.2 Å². The van der Waals surface area contributed by atoms with E-state index in [1.54, 1.807) is 66.9 Å². The van der Waals surface area contributed by atoms with Gasteiger partial charge in [-0.25, -0.2) is 19.9 Å². The Bertz CT molecular complexity index is 3440. The standard InChI is InChI=1S/C70H104Cl3N19O13S2/c1-106-69-87-60(73)58(63(88-69)79-31-30-77-32-33-91-34-36-92(37-35-91)64-49(44-93)59(72)86-70(89-64)107-2)61(75)90-105-46-57(97)82-54(45-94)68(102)85-53(43-48-20-9-6-10-21-48)67(101)84-52(42-47-18-7-5-8-19-47)66(100)83-50(62(76)98)22-12-15-28-80-65(99)51(23-11-14-27-74)81-56(96)25-24-55(95)78-29-17-39-104-41-40-103-38-16-4-3-13-26-71/h5-10,18-21,44,50-54,77,94H,3-4,11-17,22-43,45-46,74H2,1-2H3,(H2,75,90)(H2,76,98)(H,78,95)(H,80,99)(H,81,96)(H,82,97)(H,83,100)(H,84,101)(H,85,102)(H,79,87,88). The van der Waals surface area contributed by atoms with Crippen LogP contribution in [0, 0.1) is 0 Å². The normalized spacial score (nSPS) is 13.8. The number of thioether (sulfide) groups is 2. The summed E-state index contributed by atoms with van der Waals surface area (Å²) in [5.41, 5.74) is 19.5. The predicted octanol–water partition coefficient (Wildman–Crippen LogP) is 2.21. The van der Waals surface area contributed by atoms with E-state index in [0.29, 0.717) is 144 Å². The van der Waals surface area contributed by atoms with Gasteiger partial charge in [0.25, 0.3) is 5.91 Å². The van der Waals surface area contributed by atoms with E-state index in [1.165, 1.54) is 23.5 Å². The molecule has 590 valence electrons. The molecule has 0 saturated carbocycles. The maximum Gasteiger partial charge on any atom is 0.261 e. The fraction of sp³-hybridized carbons (Fsp3) is 0.571. The highest BCUT2D eigenvalue weighted by Gasteiger charge is 2.33. The van der Waals surface area contributed by atoms with Crippen molar-refractivity contribution in [3.8, 4) is 0 Å². The molecule has 0 spiro atoms. The molecule has 1 saturated heterocycles. The number of piperazine rings is 1. The maximum atomic E-state index is 14.5. The number of hydrogen-bond donors (Lipinski definition) is 13. The zero-order chi connectivity index (χ0) is 77.6. The molecule has 32 nitrogen and oxygen atoms in total. The molecule has 8 amide bonds. The van der Waals surface area contributed by atoms with Gasteiger partial charge in [-0.1, -0.05) is 125 Å². The first-order chi connectivity index (χ1) is 51.8. The summed E-state index contributed by atoms with van der Waals surface area (Å²) in [6.07, 6.45) is 10.7. The summed E-state index contributed by atoms with van der Waals surface area (Å²) < 4.78 is 11.1. The molecule has 2 aromatic carbocycles. The number of carbonyl (C=O) groups is 9. The number of nitrogens with zero attached hydrogens (tertiary/aromatic N) is 7. The minimum Gasteiger partial charge on any atom is -0.394 e. The van der Waals surface area contributed by atoms with Crippen LogP contribution < -0.4 is 70.0 Å². The summed E-state index contributed by atoms with van der Waals surface area (Å²) in [5, 5.41) is 40.6. The van der Waals surface area contributed by atoms with Gasteiger partial charge in [-0.15, -0.1) is 11.6 Å². The van der Waals surface area contributed by atoms with Crippen LogP contribution in [0.2, 0.25) is 10.3 Å². The monoisotopic (exact) mass is 1590 g/mol. The number of ether oxygens (including phenoxy) is 2. The van der Waals surface area contributed by atoms with Crippen molar-refractivity contribution in [2.24, 2.45) is 22.4 Å². The molecule has 37 heteroatoms. The van der Waals surface area contributed by atoms with Crippen LogP contribution in [0.4, 0.5) is 11.6 Å². The molecule has 0 radical (unpaired) electrons. The van der Waals surface area contributed by atoms with Crippen LogP contribution in [0.3, 0.4) is 0 Å². The molecular weight excluding hydrogens is 1490 g/mol. The number of benzene rings is 2. The Hall–Kier alpha value is -7.77. The van der Waals surface area contributed by atoms with Gasteiger partial charge in [-0.05, 0) is 88.0 Å². The number of halogens is 3. The van der Waals surface area contributed by atoms with Crippen molar-refractivity contribution in [3.63, 3.8) is 0 Å². The second kappa shape index (κ2) is 52.3. The molecule has 16 N–H and O–H groups in total. The number of alkyl halides is 1. The van der Waals surface area contributed by atoms with E-state index in [4.69, 9.17) is 66.3 Å². The Labute approximate surface area is 648 Å². The number of primary amides is 1. The number of unbranched alkanes of at least 4 members (excludes halogenated alkanes) is 5. The molecule has 0 aliphatic carbocycles. The van der Waals surface area contributed by atoms with E-state index in [0.717, 1.165) is 45.3 Å². The molecule has 3 heterocycles. The van der Waals surface area contributed by atoms with Gasteiger partial charge in [0, 0.05) is 110 Å². The first-order valence-electron chi connectivity index (χ1n) is 35.8. The average Bonchev–Trinajstić information content (AvgIpc) is 0.807. The fourth-order valence-corrected chi connectivity index (χ4v) is 12.4. The number of carbonyl (C=O) groups excluding carboxylic acids is 9. The lowest BCUT2D eigenvalue weighted by molar-refractivity contribution is -0.135. The largest absolute Gasteiger partial charge is 0.394 e. The van der Waals surface area contributed by atoms with Gasteiger partial charge in [0.15, 0.2) is 29.0 Å². The number of anilines is 2. The van der Waals surface area contributed by atoms with Gasteiger partial charge < -0.3 is 89.4 Å². The van der Waals surface area contributed by atoms with Crippen LogP contribution in [0.5, 0.6) is 0 Å². The van der Waals surface area contributed by atoms with Gasteiger partial charge in [0.1, 0.15) is 52.2 Å². The molecule has 107 heavy (non-hydrogen) atoms. The predicted molar refractivity (Wildman–Crippen MR) is 413 cm³/mol. The Morgan fingerprint density at radius 3 is 1.79 bits per heavy atom. The number of amides is 8. The first kappa shape index (κ1) is 89.9. The zero-order valence-electron chi connectivity index (χ0n) is 60.7. The maximum absolute atomic E-state index is 14.5. The average molecular weight is 1590 g/mol. The Kier molecular flexibility index (Phi) is 43.9. The van der Waals surface area contributed by atoms with Crippen LogP contribution in [0.15, 0.2) is 76.1 Å². The highest BCUT2D eigenvalue weighted by molar-refractivity contribution is 7.98. The Balaban J connectivity index is 1.10. The van der Waals surface area contributed by atoms with Crippen molar-refractivity contribution >= 4 is 129 Å². The van der Waals surface area contributed by atoms with Gasteiger partial charge in [0.05, 0.1) is 30.9 Å². The van der Waals surface area contributed by atoms with E-state index in [9.17, 15) is 48.3 Å². The Morgan fingerprint density at radius 2 is 1.17 bits per heavy atom. The molecular formula is C70H104Cl3N19O13S2. The van der Waals surface area contributed by atoms with Crippen molar-refractivity contribution < 1.29 is 62.6 Å². The third kappa shape index (κ3) is 34.6. The lowest BCUT2D eigenvalue weighted by Gasteiger charge is -2.36. The number of aldehydes is 1. The molecule has 2 aromatic heterocycles. The van der Waals surface area contributed by atoms with Gasteiger partial charge in [0.2, 0.25) is 41.4 Å². The van der Waals surface area contributed by atoms with E-state index in [2.05, 4.69) is 77.8 Å². The van der Waals surface area contributed by atoms with Crippen molar-refractivity contribution in [1.82, 2.24) is 67.4 Å². The summed E-state index contributed by atoms with van der Waals surface area (Å²) in [4.78, 5) is 147. The van der Waals surface area contributed by atoms with Crippen LogP contribution >= 0.6 is 58.3 Å². The first-order valence-corrected chi connectivity index (χ1v) is 39.5. The highest BCUT2D eigenvalue weighted by Crippen LogP contribution is 2.28. The van der Waals surface area contributed by atoms with Crippen LogP contribution in [-0.4, -0.2) is 250 Å². The summed E-state index contributed by atoms with van der Waals surface area (Å²) in [7, 11) is 0. The number of nitrogens with two attached hydrogens (primary N) is 3. The third-order valence-electron chi connectivity index (χ3n) is 16.7. The van der Waals surface area contributed by atoms with E-state index < -0.39 is 84.8 Å². The second-order valence-electron chi connectivity index (χ2n) is 24.8. The molecule has 5 unspecified atom stereocenters. The van der Waals surface area contributed by atoms with Gasteiger partial charge in [-0.2, -0.15) is 0 Å². The van der Waals surface area contributed by atoms with Gasteiger partial charge >= 0.3 is 0 Å². The topological polar surface area (TPSA) is 458 Å². The fourth-order valence-electron chi connectivity index (χ4n) is 10.9. The van der Waals surface area contributed by atoms with Crippen LogP contribution in [0.1, 0.15) is 111 Å². The number of oxime groups is 1. The lowest BCUT2D eigenvalue weighted by Crippen LogP contribution is -2.59. The van der Waals surface area contributed by atoms with Crippen molar-refractivity contribution in [2.45, 2.75) is 137 Å². The van der Waals surface area contributed by atoms with Crippen LogP contribution in [0.25, 0.3) is 0 Å². The number of nitrogens with one attached hydrogen (secondary N) is 9. The van der Waals surface area contributed by atoms with Crippen molar-refractivity contribution in [2.75, 3.05) is 140 Å². The SMILES string of the molecule is CSc1nc(Cl)c(/C(N)=N\OCC(=O)NC(CO)C(=O)NC(Cc2ccccc2)C(=O)NC(Cc2ccccc2)C(=O)NC(CCCCNC(=O)C(CCCCN)NC(=O)CCC(=O)NCCCOCCOCCCCCCCl)C(N)=O)c(NCCNCCN2CCN(c3nc(SC)nc(Cl)c3C=O)CC2)n1. The number of aromatic nitrogens is 4. The number of aliphatic hydroxyl groups excluding tert-OH is 1. The summed E-state index contributed by atoms with van der Waals surface area (Å²) in [5.74, 6) is -4.46. The van der Waals surface area contributed by atoms with Gasteiger partial charge in [-0.3, -0.25) is 48.1 Å². The quantitative estimate of drug-likeness (QED) is 0.00347. The third-order valence-corrected chi connectivity index (χ3v) is 18.6. The van der Waals surface area contributed by atoms with E-state index >= 15 is 0 Å². The minimum atomic E-state index is -1.63. The summed E-state index contributed by atoms with van der Waals surface area (Å²) in [6, 6.07) is 10.8. The number of aliphatic hydroxyl groups is 1. The molecule has 0 bridgehead atoms. The molecule has 1 fully saturated rings. The second-order valence-corrected chi connectivity index (χ2v) is 27.5. The molecule has 5 atom stereocenters. The lowest BCUT2D eigenvalue weighted by atomic mass is 10.0. The smallest absolute Gasteiger partial charge is 0.261 e. The van der Waals surface area contributed by atoms with Crippen molar-refractivity contribution in [1.29, 1.82) is 0 Å². The number of amidine groups is 1. The summed E-state index contributed by atoms with van der Waals surface area (Å²) >= 11 is 21.2. The molecule has 4 aromatic rings. The summed E-state index contributed by atoms with van der Waals surface area (Å²) in [6.45, 7) is 6.26. The number of rotatable bonds is 55. The minimum absolute atomic E-state index is 0.0397. The molecule has 5 rings (SSSR count). The molecule has 1 aliphatic rings. The van der Waals surface area contributed by atoms with Crippen LogP contribution in [-0.2, 0) is 65.5 Å². The van der Waals surface area contributed by atoms with E-state index in [1.807, 2.05) is 11.2 Å². The Morgan fingerprint density at radius 1 is 0.598 bits per heavy atom. The van der Waals surface area contributed by atoms with E-state index in [-0.39, 0.29) is 84.1 Å². The molecule has 1 aliphatic heterocycles. The zero-order valence-corrected chi connectivity index (χ0v) is 64.6.